The molecule has 0 N–H and O–H groups in total. The van der Waals surface area contributed by atoms with Crippen molar-refractivity contribution in [3.05, 3.63) is 58.1 Å². The number of sulfonamides is 1. The lowest BCUT2D eigenvalue weighted by Gasteiger charge is -2.30. The Bertz CT molecular complexity index is 1220. The molecule has 0 unspecified atom stereocenters. The highest BCUT2D eigenvalue weighted by Gasteiger charge is 2.32. The second kappa shape index (κ2) is 5.57. The van der Waals surface area contributed by atoms with Crippen molar-refractivity contribution in [2.75, 3.05) is 10.8 Å². The molecule has 2 aromatic carbocycles. The molecule has 3 aromatic rings. The monoisotopic (exact) mass is 372 g/mol. The van der Waals surface area contributed by atoms with Gasteiger partial charge in [-0.2, -0.15) is 0 Å². The zero-order chi connectivity index (χ0) is 18.6. The Balaban J connectivity index is 1.86. The van der Waals surface area contributed by atoms with E-state index in [1.54, 1.807) is 25.2 Å². The van der Waals surface area contributed by atoms with Crippen LogP contribution >= 0.6 is 0 Å². The number of anilines is 1. The number of benzene rings is 2. The maximum absolute atomic E-state index is 13.2. The molecule has 26 heavy (non-hydrogen) atoms. The standard InChI is InChI=1S/C18H16N2O5S/c1-11-3-5-14-13(9-11)16(21)7-8-20(14)26(23,24)12-4-6-15-17(10-12)25-18(22)19(15)2/h3-6,9-10H,7-8H2,1-2H3. The predicted molar refractivity (Wildman–Crippen MR) is 96.1 cm³/mol. The Morgan fingerprint density at radius 1 is 1.08 bits per heavy atom. The van der Waals surface area contributed by atoms with Crippen LogP contribution in [0.2, 0.25) is 0 Å². The zero-order valence-electron chi connectivity index (χ0n) is 14.2. The summed E-state index contributed by atoms with van der Waals surface area (Å²) in [6.45, 7) is 1.93. The number of carbonyl (C=O) groups is 1. The van der Waals surface area contributed by atoms with E-state index >= 15 is 0 Å². The van der Waals surface area contributed by atoms with Gasteiger partial charge in [0.2, 0.25) is 0 Å². The lowest BCUT2D eigenvalue weighted by atomic mass is 10.0. The van der Waals surface area contributed by atoms with E-state index in [4.69, 9.17) is 4.42 Å². The average Bonchev–Trinajstić information content (AvgIpc) is 2.89. The molecule has 0 spiro atoms. The maximum atomic E-state index is 13.2. The molecule has 0 radical (unpaired) electrons. The van der Waals surface area contributed by atoms with Gasteiger partial charge < -0.3 is 4.42 Å². The SMILES string of the molecule is Cc1ccc2c(c1)C(=O)CCN2S(=O)(=O)c1ccc2c(c1)oc(=O)n2C. The molecule has 0 saturated heterocycles. The van der Waals surface area contributed by atoms with Crippen molar-refractivity contribution in [3.8, 4) is 0 Å². The van der Waals surface area contributed by atoms with E-state index in [1.165, 1.54) is 27.1 Å². The van der Waals surface area contributed by atoms with Crippen molar-refractivity contribution in [2.24, 2.45) is 7.05 Å². The summed E-state index contributed by atoms with van der Waals surface area (Å²) in [4.78, 5) is 23.8. The number of Topliss-reactive ketones (excluding diaryl/α,β-unsaturated/α-hetero) is 1. The third-order valence-corrected chi connectivity index (χ3v) is 6.42. The fraction of sp³-hybridized carbons (Fsp3) is 0.222. The fourth-order valence-electron chi connectivity index (χ4n) is 3.20. The highest BCUT2D eigenvalue weighted by atomic mass is 32.2. The minimum atomic E-state index is -3.90. The van der Waals surface area contributed by atoms with Crippen molar-refractivity contribution < 1.29 is 17.6 Å². The van der Waals surface area contributed by atoms with Crippen molar-refractivity contribution in [1.82, 2.24) is 4.57 Å². The van der Waals surface area contributed by atoms with Crippen molar-refractivity contribution >= 4 is 32.6 Å². The molecule has 1 aliphatic rings. The fourth-order valence-corrected chi connectivity index (χ4v) is 4.70. The lowest BCUT2D eigenvalue weighted by molar-refractivity contribution is 0.0982. The molecule has 2 heterocycles. The van der Waals surface area contributed by atoms with Gasteiger partial charge in [0.1, 0.15) is 0 Å². The third-order valence-electron chi connectivity index (χ3n) is 4.61. The number of aryl methyl sites for hydroxylation is 2. The molecule has 0 bridgehead atoms. The first kappa shape index (κ1) is 16.6. The van der Waals surface area contributed by atoms with Crippen LogP contribution in [0.1, 0.15) is 22.3 Å². The molecule has 0 atom stereocenters. The number of oxazole rings is 1. The van der Waals surface area contributed by atoms with Gasteiger partial charge in [0.05, 0.1) is 16.1 Å². The van der Waals surface area contributed by atoms with Gasteiger partial charge in [0, 0.05) is 31.6 Å². The Hall–Kier alpha value is -2.87. The zero-order valence-corrected chi connectivity index (χ0v) is 15.0. The maximum Gasteiger partial charge on any atom is 0.419 e. The summed E-state index contributed by atoms with van der Waals surface area (Å²) in [6.07, 6.45) is 0.123. The molecule has 1 aromatic heterocycles. The molecular formula is C18H16N2O5S. The van der Waals surface area contributed by atoms with Crippen LogP contribution < -0.4 is 10.1 Å². The summed E-state index contributed by atoms with van der Waals surface area (Å²) in [5.74, 6) is -0.626. The summed E-state index contributed by atoms with van der Waals surface area (Å²) < 4.78 is 34.0. The molecule has 8 heteroatoms. The van der Waals surface area contributed by atoms with Gasteiger partial charge >= 0.3 is 5.76 Å². The van der Waals surface area contributed by atoms with Gasteiger partial charge in [-0.25, -0.2) is 13.2 Å². The lowest BCUT2D eigenvalue weighted by Crippen LogP contribution is -2.37. The Morgan fingerprint density at radius 2 is 1.85 bits per heavy atom. The largest absolute Gasteiger partial charge is 0.419 e. The van der Waals surface area contributed by atoms with Crippen LogP contribution in [0.4, 0.5) is 5.69 Å². The van der Waals surface area contributed by atoms with Gasteiger partial charge in [-0.15, -0.1) is 0 Å². The molecule has 134 valence electrons. The van der Waals surface area contributed by atoms with E-state index in [-0.39, 0.29) is 29.2 Å². The first-order valence-electron chi connectivity index (χ1n) is 8.05. The number of aromatic nitrogens is 1. The number of fused-ring (bicyclic) bond motifs is 2. The number of rotatable bonds is 2. The Morgan fingerprint density at radius 3 is 2.62 bits per heavy atom. The molecule has 0 amide bonds. The van der Waals surface area contributed by atoms with Crippen LogP contribution in [-0.4, -0.2) is 25.3 Å². The van der Waals surface area contributed by atoms with Gasteiger partial charge in [-0.1, -0.05) is 11.6 Å². The average molecular weight is 372 g/mol. The molecule has 0 fully saturated rings. The minimum Gasteiger partial charge on any atom is -0.408 e. The van der Waals surface area contributed by atoms with Crippen LogP contribution in [0.5, 0.6) is 0 Å². The quantitative estimate of drug-likeness (QED) is 0.688. The number of nitrogens with zero attached hydrogens (tertiary/aromatic N) is 2. The Kier molecular flexibility index (Phi) is 3.55. The van der Waals surface area contributed by atoms with Crippen LogP contribution in [0.15, 0.2) is 50.5 Å². The first-order chi connectivity index (χ1) is 12.3. The topological polar surface area (TPSA) is 89.6 Å². The van der Waals surface area contributed by atoms with E-state index in [9.17, 15) is 18.0 Å². The molecular weight excluding hydrogens is 356 g/mol. The summed E-state index contributed by atoms with van der Waals surface area (Å²) >= 11 is 0. The summed E-state index contributed by atoms with van der Waals surface area (Å²) in [5.41, 5.74) is 2.40. The predicted octanol–water partition coefficient (Wildman–Crippen LogP) is 2.22. The van der Waals surface area contributed by atoms with Crippen molar-refractivity contribution in [1.29, 1.82) is 0 Å². The number of ketones is 1. The molecule has 7 nitrogen and oxygen atoms in total. The Labute approximate surface area is 149 Å². The van der Waals surface area contributed by atoms with Crippen LogP contribution in [0.3, 0.4) is 0 Å². The molecule has 0 saturated carbocycles. The van der Waals surface area contributed by atoms with Gasteiger partial charge in [-0.3, -0.25) is 13.7 Å². The van der Waals surface area contributed by atoms with E-state index in [1.807, 2.05) is 6.92 Å². The number of hydrogen-bond acceptors (Lipinski definition) is 5. The first-order valence-corrected chi connectivity index (χ1v) is 9.49. The molecule has 0 aliphatic carbocycles. The van der Waals surface area contributed by atoms with Gasteiger partial charge in [0.25, 0.3) is 10.0 Å². The van der Waals surface area contributed by atoms with Gasteiger partial charge in [0.15, 0.2) is 11.4 Å². The smallest absolute Gasteiger partial charge is 0.408 e. The number of hydrogen-bond donors (Lipinski definition) is 0. The van der Waals surface area contributed by atoms with E-state index in [2.05, 4.69) is 0 Å². The molecule has 1 aliphatic heterocycles. The van der Waals surface area contributed by atoms with Gasteiger partial charge in [-0.05, 0) is 31.2 Å². The highest BCUT2D eigenvalue weighted by Crippen LogP contribution is 2.33. The molecule has 4 rings (SSSR count). The van der Waals surface area contributed by atoms with Crippen molar-refractivity contribution in [3.63, 3.8) is 0 Å². The van der Waals surface area contributed by atoms with Crippen LogP contribution in [0.25, 0.3) is 11.1 Å². The van der Waals surface area contributed by atoms with Crippen LogP contribution in [0, 0.1) is 6.92 Å². The normalized spacial score (nSPS) is 14.7. The highest BCUT2D eigenvalue weighted by molar-refractivity contribution is 7.92. The minimum absolute atomic E-state index is 0.0141. The van der Waals surface area contributed by atoms with E-state index < -0.39 is 15.8 Å². The summed E-state index contributed by atoms with van der Waals surface area (Å²) in [5, 5.41) is 0. The summed E-state index contributed by atoms with van der Waals surface area (Å²) in [6, 6.07) is 9.46. The second-order valence-corrected chi connectivity index (χ2v) is 8.19. The van der Waals surface area contributed by atoms with Crippen LogP contribution in [-0.2, 0) is 17.1 Å². The second-order valence-electron chi connectivity index (χ2n) is 6.33. The number of carbonyl (C=O) groups excluding carboxylic acids is 1. The van der Waals surface area contributed by atoms with Crippen molar-refractivity contribution in [2.45, 2.75) is 18.2 Å². The summed E-state index contributed by atoms with van der Waals surface area (Å²) in [7, 11) is -2.34. The van der Waals surface area contributed by atoms with E-state index in [0.717, 1.165) is 5.56 Å². The third kappa shape index (κ3) is 2.37. The van der Waals surface area contributed by atoms with E-state index in [0.29, 0.717) is 16.8 Å².